The first kappa shape index (κ1) is 95.2. The second kappa shape index (κ2) is 64.8. The molecule has 0 aliphatic carbocycles. The summed E-state index contributed by atoms with van der Waals surface area (Å²) in [6.45, 7) is 1.76. The summed E-state index contributed by atoms with van der Waals surface area (Å²) in [6.07, 6.45) is 54.5. The van der Waals surface area contributed by atoms with Crippen molar-refractivity contribution < 1.29 is 89.4 Å². The fraction of sp³-hybridized carbons (Fsp3) is 0.917. The van der Waals surface area contributed by atoms with Crippen LogP contribution in [0.4, 0.5) is 0 Å². The Morgan fingerprint density at radius 1 is 0.340 bits per heavy atom. The fourth-order valence-corrected chi connectivity index (χ4v) is 14.6. The lowest BCUT2D eigenvalue weighted by molar-refractivity contribution is -0.379. The number of carbonyl (C=O) groups is 1. The first-order chi connectivity index (χ1) is 50.3. The van der Waals surface area contributed by atoms with Crippen molar-refractivity contribution in [2.75, 3.05) is 26.4 Å². The zero-order valence-electron chi connectivity index (χ0n) is 65.1. The number of unbranched alkanes of at least 4 members (excludes halogenated alkanes) is 49. The molecular weight excluding hydrogens is 1310 g/mol. The van der Waals surface area contributed by atoms with Crippen LogP contribution in [0.1, 0.15) is 361 Å². The summed E-state index contributed by atoms with van der Waals surface area (Å²) in [4.78, 5) is 13.5. The largest absolute Gasteiger partial charge is 0.394 e. The number of rotatable bonds is 69. The van der Waals surface area contributed by atoms with Crippen LogP contribution in [0.2, 0.25) is 0 Å². The van der Waals surface area contributed by atoms with Crippen molar-refractivity contribution in [1.29, 1.82) is 0 Å². The number of nitrogens with one attached hydrogen (secondary N) is 1. The molecule has 19 nitrogen and oxygen atoms in total. The second-order valence-corrected chi connectivity index (χ2v) is 30.6. The van der Waals surface area contributed by atoms with Gasteiger partial charge < -0.3 is 89.9 Å². The summed E-state index contributed by atoms with van der Waals surface area (Å²) in [5, 5.41) is 121. The zero-order chi connectivity index (χ0) is 74.6. The van der Waals surface area contributed by atoms with E-state index >= 15 is 0 Å². The maximum absolute atomic E-state index is 13.5. The highest BCUT2D eigenvalue weighted by molar-refractivity contribution is 5.76. The van der Waals surface area contributed by atoms with Gasteiger partial charge in [0, 0.05) is 6.42 Å². The minimum atomic E-state index is -1.98. The van der Waals surface area contributed by atoms with Crippen molar-refractivity contribution >= 4 is 5.91 Å². The molecule has 0 aromatic heterocycles. The van der Waals surface area contributed by atoms with E-state index in [2.05, 4.69) is 43.5 Å². The van der Waals surface area contributed by atoms with Crippen LogP contribution in [-0.2, 0) is 33.2 Å². The van der Waals surface area contributed by atoms with E-state index in [4.69, 9.17) is 28.4 Å². The molecule has 606 valence electrons. The first-order valence-corrected chi connectivity index (χ1v) is 42.7. The van der Waals surface area contributed by atoms with Crippen LogP contribution < -0.4 is 5.32 Å². The predicted octanol–water partition coefficient (Wildman–Crippen LogP) is 15.1. The Kier molecular flexibility index (Phi) is 59.9. The minimum absolute atomic E-state index is 0.236. The molecule has 0 spiro atoms. The first-order valence-electron chi connectivity index (χ1n) is 42.7. The van der Waals surface area contributed by atoms with Gasteiger partial charge in [0.2, 0.25) is 5.91 Å². The number of hydrogen-bond acceptors (Lipinski definition) is 18. The van der Waals surface area contributed by atoms with E-state index in [0.717, 1.165) is 44.9 Å². The van der Waals surface area contributed by atoms with Crippen LogP contribution in [0.3, 0.4) is 0 Å². The summed E-state index contributed by atoms with van der Waals surface area (Å²) < 4.78 is 34.4. The molecule has 3 aliphatic heterocycles. The van der Waals surface area contributed by atoms with Gasteiger partial charge in [-0.2, -0.15) is 0 Å². The number of amides is 1. The Labute approximate surface area is 625 Å². The summed E-state index contributed by atoms with van der Waals surface area (Å²) >= 11 is 0. The molecule has 12 N–H and O–H groups in total. The van der Waals surface area contributed by atoms with Gasteiger partial charge in [0.25, 0.3) is 0 Å². The van der Waals surface area contributed by atoms with Crippen molar-refractivity contribution in [1.82, 2.24) is 5.32 Å². The number of allylic oxidation sites excluding steroid dienone is 5. The minimum Gasteiger partial charge on any atom is -0.394 e. The highest BCUT2D eigenvalue weighted by Gasteiger charge is 2.54. The van der Waals surface area contributed by atoms with Gasteiger partial charge in [-0.05, 0) is 44.9 Å². The third-order valence-corrected chi connectivity index (χ3v) is 21.4. The quantitative estimate of drug-likeness (QED) is 0.0199. The van der Waals surface area contributed by atoms with E-state index in [-0.39, 0.29) is 18.9 Å². The number of ether oxygens (including phenoxy) is 6. The molecule has 1 amide bonds. The summed E-state index contributed by atoms with van der Waals surface area (Å²) in [5.74, 6) is -0.282. The molecule has 3 fully saturated rings. The van der Waals surface area contributed by atoms with E-state index in [1.165, 1.54) is 283 Å². The lowest BCUT2D eigenvalue weighted by atomic mass is 9.96. The standard InChI is InChI=1S/C84H157NO18/c1-3-5-7-9-11-13-15-17-19-21-23-25-26-27-28-29-30-31-32-33-34-35-36-37-38-39-40-42-44-46-48-50-52-54-56-58-60-62-72(90)85-67(68(89)61-59-57-55-53-51-49-47-45-43-41-24-22-20-18-16-14-12-10-8-6-4-2)66-98-82-78(96)75(93)80(70(64-87)100-82)103-84-79(97)76(94)81(71(65-88)101-84)102-83-77(95)74(92)73(91)69(63-86)99-83/h43,45,51,53,59,61,67-71,73-84,86-89,91-97H,3-42,44,46-50,52,54-58,60,62-66H2,1-2H3,(H,85,90)/b45-43+,53-51+,61-59+. The van der Waals surface area contributed by atoms with Crippen LogP contribution in [0, 0.1) is 0 Å². The molecule has 3 rings (SSSR count). The molecule has 0 aromatic carbocycles. The SMILES string of the molecule is CCCCCCCCCCCCC/C=C/CC/C=C/CC/C=C/C(O)C(COC1OC(CO)C(OC2OC(CO)C(OC3OC(CO)C(O)C(O)C3O)C(O)C2O)C(O)C1O)NC(=O)CCCCCCCCCCCCCCCCCCCCCCCCCCCCCCCCCCCCCCC. The highest BCUT2D eigenvalue weighted by Crippen LogP contribution is 2.33. The average molecular weight is 1470 g/mol. The average Bonchev–Trinajstić information content (AvgIpc) is 0.781. The molecule has 0 saturated carbocycles. The lowest BCUT2D eigenvalue weighted by Gasteiger charge is -2.48. The van der Waals surface area contributed by atoms with Crippen molar-refractivity contribution in [2.45, 2.75) is 465 Å². The lowest BCUT2D eigenvalue weighted by Crippen LogP contribution is -2.66. The predicted molar refractivity (Wildman–Crippen MR) is 411 cm³/mol. The molecule has 3 saturated heterocycles. The van der Waals surface area contributed by atoms with E-state index in [1.54, 1.807) is 6.08 Å². The van der Waals surface area contributed by atoms with Crippen LogP contribution in [0.5, 0.6) is 0 Å². The van der Waals surface area contributed by atoms with Crippen molar-refractivity contribution in [3.8, 4) is 0 Å². The molecule has 19 heteroatoms. The summed E-state index contributed by atoms with van der Waals surface area (Å²) in [6, 6.07) is -0.996. The Bertz CT molecular complexity index is 2000. The molecular formula is C84H157NO18. The van der Waals surface area contributed by atoms with Gasteiger partial charge in [-0.1, -0.05) is 346 Å². The zero-order valence-corrected chi connectivity index (χ0v) is 65.1. The van der Waals surface area contributed by atoms with Gasteiger partial charge >= 0.3 is 0 Å². The van der Waals surface area contributed by atoms with Gasteiger partial charge in [0.1, 0.15) is 73.2 Å². The molecule has 3 aliphatic rings. The third-order valence-electron chi connectivity index (χ3n) is 21.4. The van der Waals surface area contributed by atoms with Crippen LogP contribution >= 0.6 is 0 Å². The van der Waals surface area contributed by atoms with Crippen LogP contribution in [-0.4, -0.2) is 193 Å². The Morgan fingerprint density at radius 2 is 0.621 bits per heavy atom. The van der Waals surface area contributed by atoms with Gasteiger partial charge in [-0.3, -0.25) is 4.79 Å². The Balaban J connectivity index is 1.32. The molecule has 0 aromatic rings. The molecule has 17 unspecified atom stereocenters. The van der Waals surface area contributed by atoms with Gasteiger partial charge in [-0.25, -0.2) is 0 Å². The van der Waals surface area contributed by atoms with Crippen molar-refractivity contribution in [2.24, 2.45) is 0 Å². The van der Waals surface area contributed by atoms with E-state index in [9.17, 15) is 61.0 Å². The maximum atomic E-state index is 13.5. The number of aliphatic hydroxyl groups is 11. The number of hydrogen-bond donors (Lipinski definition) is 12. The van der Waals surface area contributed by atoms with E-state index in [1.807, 2.05) is 6.08 Å². The van der Waals surface area contributed by atoms with Gasteiger partial charge in [0.15, 0.2) is 18.9 Å². The number of carbonyl (C=O) groups excluding carboxylic acids is 1. The van der Waals surface area contributed by atoms with Gasteiger partial charge in [-0.15, -0.1) is 0 Å². The third kappa shape index (κ3) is 44.5. The van der Waals surface area contributed by atoms with Gasteiger partial charge in [0.05, 0.1) is 38.6 Å². The molecule has 3 heterocycles. The molecule has 17 atom stereocenters. The normalized spacial score (nSPS) is 26.2. The second-order valence-electron chi connectivity index (χ2n) is 30.6. The van der Waals surface area contributed by atoms with E-state index in [0.29, 0.717) is 12.8 Å². The fourth-order valence-electron chi connectivity index (χ4n) is 14.6. The highest BCUT2D eigenvalue weighted by atomic mass is 16.8. The monoisotopic (exact) mass is 1470 g/mol. The topological polar surface area (TPSA) is 307 Å². The summed E-state index contributed by atoms with van der Waals surface area (Å²) in [5.41, 5.74) is 0. The maximum Gasteiger partial charge on any atom is 0.220 e. The molecule has 0 bridgehead atoms. The molecule has 0 radical (unpaired) electrons. The van der Waals surface area contributed by atoms with E-state index < -0.39 is 124 Å². The Morgan fingerprint density at radius 3 is 0.971 bits per heavy atom. The smallest absolute Gasteiger partial charge is 0.220 e. The summed E-state index contributed by atoms with van der Waals surface area (Å²) in [7, 11) is 0. The van der Waals surface area contributed by atoms with Crippen molar-refractivity contribution in [3.63, 3.8) is 0 Å². The molecule has 103 heavy (non-hydrogen) atoms. The van der Waals surface area contributed by atoms with Crippen LogP contribution in [0.15, 0.2) is 36.5 Å². The van der Waals surface area contributed by atoms with Crippen LogP contribution in [0.25, 0.3) is 0 Å². The van der Waals surface area contributed by atoms with Crippen molar-refractivity contribution in [3.05, 3.63) is 36.5 Å². The number of aliphatic hydroxyl groups excluding tert-OH is 11. The Hall–Kier alpha value is -1.99.